The third kappa shape index (κ3) is 3.93. The van der Waals surface area contributed by atoms with E-state index in [9.17, 15) is 5.26 Å². The number of aromatic nitrogens is 3. The smallest absolute Gasteiger partial charge is 0.193 e. The minimum Gasteiger partial charge on any atom is -0.339 e. The number of nitriles is 1. The molecule has 0 saturated heterocycles. The Morgan fingerprint density at radius 1 is 1.18 bits per heavy atom. The van der Waals surface area contributed by atoms with Crippen molar-refractivity contribution >= 4 is 46.5 Å². The van der Waals surface area contributed by atoms with E-state index in [0.717, 1.165) is 21.1 Å². The summed E-state index contributed by atoms with van der Waals surface area (Å²) in [6.45, 7) is 0. The third-order valence-corrected chi connectivity index (χ3v) is 5.09. The molecule has 136 valence electrons. The molecular formula is C20H13ClN6S. The molecule has 0 saturated carbocycles. The van der Waals surface area contributed by atoms with Gasteiger partial charge in [-0.15, -0.1) is 11.3 Å². The average molecular weight is 405 g/mol. The Morgan fingerprint density at radius 2 is 2.11 bits per heavy atom. The zero-order chi connectivity index (χ0) is 19.3. The predicted octanol–water partition coefficient (Wildman–Crippen LogP) is 5.55. The van der Waals surface area contributed by atoms with Gasteiger partial charge in [0.1, 0.15) is 17.5 Å². The van der Waals surface area contributed by atoms with Gasteiger partial charge in [0.15, 0.2) is 5.82 Å². The van der Waals surface area contributed by atoms with Crippen LogP contribution in [0.4, 0.5) is 17.3 Å². The number of H-pyrrole nitrogens is 1. The largest absolute Gasteiger partial charge is 0.339 e. The first kappa shape index (κ1) is 17.9. The van der Waals surface area contributed by atoms with Crippen LogP contribution in [0.5, 0.6) is 0 Å². The Balaban J connectivity index is 1.55. The van der Waals surface area contributed by atoms with Crippen LogP contribution in [-0.4, -0.2) is 21.4 Å². The SMILES string of the molecule is N#Cc1c(N=Cc2ccc(-c3ccccn3)s2)n[nH]c1Nc1cccc(Cl)c1. The fraction of sp³-hybridized carbons (Fsp3) is 0. The molecule has 0 aliphatic rings. The van der Waals surface area contributed by atoms with Crippen LogP contribution >= 0.6 is 22.9 Å². The lowest BCUT2D eigenvalue weighted by Gasteiger charge is -2.03. The molecular weight excluding hydrogens is 392 g/mol. The first-order valence-electron chi connectivity index (χ1n) is 8.29. The molecule has 3 aromatic heterocycles. The molecule has 0 aliphatic heterocycles. The highest BCUT2D eigenvalue weighted by Gasteiger charge is 2.12. The van der Waals surface area contributed by atoms with Crippen molar-refractivity contribution in [3.63, 3.8) is 0 Å². The van der Waals surface area contributed by atoms with Gasteiger partial charge in [0.25, 0.3) is 0 Å². The molecule has 0 radical (unpaired) electrons. The molecule has 1 aromatic carbocycles. The average Bonchev–Trinajstić information content (AvgIpc) is 3.34. The van der Waals surface area contributed by atoms with Crippen LogP contribution in [-0.2, 0) is 0 Å². The minimum atomic E-state index is 0.319. The second-order valence-corrected chi connectivity index (χ2v) is 7.27. The maximum absolute atomic E-state index is 9.52. The van der Waals surface area contributed by atoms with Crippen molar-refractivity contribution in [2.24, 2.45) is 4.99 Å². The lowest BCUT2D eigenvalue weighted by molar-refractivity contribution is 1.09. The first-order valence-corrected chi connectivity index (χ1v) is 9.49. The van der Waals surface area contributed by atoms with Gasteiger partial charge in [0.05, 0.1) is 10.6 Å². The van der Waals surface area contributed by atoms with Crippen molar-refractivity contribution in [1.29, 1.82) is 5.26 Å². The van der Waals surface area contributed by atoms with Gasteiger partial charge < -0.3 is 5.32 Å². The number of thiophene rings is 1. The normalized spacial score (nSPS) is 10.9. The number of anilines is 2. The predicted molar refractivity (Wildman–Crippen MR) is 113 cm³/mol. The molecule has 6 nitrogen and oxygen atoms in total. The van der Waals surface area contributed by atoms with Crippen LogP contribution in [0, 0.1) is 11.3 Å². The molecule has 2 N–H and O–H groups in total. The van der Waals surface area contributed by atoms with Gasteiger partial charge >= 0.3 is 0 Å². The van der Waals surface area contributed by atoms with Crippen LogP contribution in [0.2, 0.25) is 5.02 Å². The zero-order valence-corrected chi connectivity index (χ0v) is 16.0. The molecule has 0 aliphatic carbocycles. The number of hydrogen-bond donors (Lipinski definition) is 2. The van der Waals surface area contributed by atoms with Crippen molar-refractivity contribution < 1.29 is 0 Å². The summed E-state index contributed by atoms with van der Waals surface area (Å²) in [7, 11) is 0. The zero-order valence-electron chi connectivity index (χ0n) is 14.4. The van der Waals surface area contributed by atoms with E-state index in [0.29, 0.717) is 22.2 Å². The standard InChI is InChI=1S/C20H13ClN6S/c21-13-4-3-5-14(10-13)25-20-16(11-22)19(26-27-20)24-12-15-7-8-18(28-15)17-6-1-2-9-23-17/h1-10,12H,(H2,25,26,27). The summed E-state index contributed by atoms with van der Waals surface area (Å²) in [4.78, 5) is 10.7. The van der Waals surface area contributed by atoms with E-state index in [1.165, 1.54) is 0 Å². The quantitative estimate of drug-likeness (QED) is 0.426. The number of benzene rings is 1. The maximum atomic E-state index is 9.52. The number of rotatable bonds is 5. The Bertz CT molecular complexity index is 1170. The van der Waals surface area contributed by atoms with Gasteiger partial charge in [0, 0.05) is 28.0 Å². The summed E-state index contributed by atoms with van der Waals surface area (Å²) >= 11 is 7.56. The molecule has 0 unspecified atom stereocenters. The number of aromatic amines is 1. The van der Waals surface area contributed by atoms with Crippen LogP contribution in [0.1, 0.15) is 10.4 Å². The van der Waals surface area contributed by atoms with E-state index in [1.54, 1.807) is 35.9 Å². The van der Waals surface area contributed by atoms with Crippen LogP contribution in [0.3, 0.4) is 0 Å². The van der Waals surface area contributed by atoms with Gasteiger partial charge in [0.2, 0.25) is 0 Å². The summed E-state index contributed by atoms with van der Waals surface area (Å²) in [5.41, 5.74) is 2.00. The number of nitrogens with one attached hydrogen (secondary N) is 2. The topological polar surface area (TPSA) is 89.8 Å². The van der Waals surface area contributed by atoms with Crippen molar-refractivity contribution in [3.8, 4) is 16.6 Å². The molecule has 0 spiro atoms. The van der Waals surface area contributed by atoms with Gasteiger partial charge in [-0.25, -0.2) is 4.99 Å². The highest BCUT2D eigenvalue weighted by molar-refractivity contribution is 7.17. The molecule has 0 atom stereocenters. The molecule has 3 heterocycles. The fourth-order valence-electron chi connectivity index (χ4n) is 2.53. The van der Waals surface area contributed by atoms with Gasteiger partial charge in [-0.3, -0.25) is 10.1 Å². The third-order valence-electron chi connectivity index (χ3n) is 3.81. The number of aliphatic imine (C=N–C) groups is 1. The monoisotopic (exact) mass is 404 g/mol. The van der Waals surface area contributed by atoms with E-state index in [-0.39, 0.29) is 0 Å². The Labute approximate surface area is 170 Å². The molecule has 28 heavy (non-hydrogen) atoms. The number of hydrogen-bond acceptors (Lipinski definition) is 6. The lowest BCUT2D eigenvalue weighted by Crippen LogP contribution is -1.92. The number of halogens is 1. The van der Waals surface area contributed by atoms with E-state index >= 15 is 0 Å². The summed E-state index contributed by atoms with van der Waals surface area (Å²) in [6, 6.07) is 19.1. The molecule has 0 fully saturated rings. The maximum Gasteiger partial charge on any atom is 0.193 e. The summed E-state index contributed by atoms with van der Waals surface area (Å²) in [5.74, 6) is 0.789. The molecule has 0 bridgehead atoms. The van der Waals surface area contributed by atoms with Gasteiger partial charge in [-0.05, 0) is 42.5 Å². The van der Waals surface area contributed by atoms with Gasteiger partial charge in [-0.2, -0.15) is 10.4 Å². The Morgan fingerprint density at radius 3 is 2.89 bits per heavy atom. The summed E-state index contributed by atoms with van der Waals surface area (Å²) < 4.78 is 0. The van der Waals surface area contributed by atoms with Crippen molar-refractivity contribution in [3.05, 3.63) is 76.3 Å². The highest BCUT2D eigenvalue weighted by Crippen LogP contribution is 2.28. The summed E-state index contributed by atoms with van der Waals surface area (Å²) in [5, 5.41) is 20.2. The van der Waals surface area contributed by atoms with Crippen LogP contribution < -0.4 is 5.32 Å². The number of pyridine rings is 1. The fourth-order valence-corrected chi connectivity index (χ4v) is 3.57. The van der Waals surface area contributed by atoms with E-state index in [2.05, 4.69) is 31.6 Å². The van der Waals surface area contributed by atoms with Crippen molar-refractivity contribution in [2.75, 3.05) is 5.32 Å². The Kier molecular flexibility index (Phi) is 5.15. The highest BCUT2D eigenvalue weighted by atomic mass is 35.5. The van der Waals surface area contributed by atoms with E-state index in [4.69, 9.17) is 11.6 Å². The first-order chi connectivity index (χ1) is 13.7. The Hall–Kier alpha value is -3.47. The van der Waals surface area contributed by atoms with Crippen LogP contribution in [0.25, 0.3) is 10.6 Å². The second-order valence-electron chi connectivity index (χ2n) is 5.72. The van der Waals surface area contributed by atoms with Gasteiger partial charge in [-0.1, -0.05) is 23.7 Å². The van der Waals surface area contributed by atoms with E-state index < -0.39 is 0 Å². The molecule has 8 heteroatoms. The minimum absolute atomic E-state index is 0.319. The van der Waals surface area contributed by atoms with Crippen molar-refractivity contribution in [1.82, 2.24) is 15.2 Å². The second kappa shape index (κ2) is 8.05. The molecule has 0 amide bonds. The molecule has 4 aromatic rings. The summed E-state index contributed by atoms with van der Waals surface area (Å²) in [6.07, 6.45) is 3.46. The van der Waals surface area contributed by atoms with Crippen molar-refractivity contribution in [2.45, 2.75) is 0 Å². The lowest BCUT2D eigenvalue weighted by atomic mass is 10.3. The number of nitrogens with zero attached hydrogens (tertiary/aromatic N) is 4. The van der Waals surface area contributed by atoms with E-state index in [1.807, 2.05) is 42.5 Å². The molecule has 4 rings (SSSR count). The van der Waals surface area contributed by atoms with Crippen LogP contribution in [0.15, 0.2) is 65.8 Å².